The van der Waals surface area contributed by atoms with E-state index in [9.17, 15) is 0 Å². The maximum Gasteiger partial charge on any atom is 0.122 e. The van der Waals surface area contributed by atoms with E-state index in [-0.39, 0.29) is 5.84 Å². The molecular weight excluding hydrogens is 164 g/mol. The first-order valence-corrected chi connectivity index (χ1v) is 4.37. The Morgan fingerprint density at radius 2 is 2.31 bits per heavy atom. The average molecular weight is 176 g/mol. The zero-order chi connectivity index (χ0) is 9.26. The molecule has 1 aliphatic rings. The van der Waals surface area contributed by atoms with Crippen molar-refractivity contribution in [3.8, 4) is 5.75 Å². The van der Waals surface area contributed by atoms with Crippen molar-refractivity contribution in [2.45, 2.75) is 12.8 Å². The van der Waals surface area contributed by atoms with Crippen molar-refractivity contribution < 1.29 is 4.74 Å². The molecule has 3 nitrogen and oxygen atoms in total. The molecule has 0 saturated heterocycles. The van der Waals surface area contributed by atoms with E-state index in [1.807, 2.05) is 18.2 Å². The van der Waals surface area contributed by atoms with Gasteiger partial charge in [-0.1, -0.05) is 0 Å². The molecule has 0 saturated carbocycles. The first-order valence-electron chi connectivity index (χ1n) is 4.37. The number of fused-ring (bicyclic) bond motifs is 1. The number of hydrogen-bond donors (Lipinski definition) is 2. The summed E-state index contributed by atoms with van der Waals surface area (Å²) in [5, 5.41) is 7.29. The summed E-state index contributed by atoms with van der Waals surface area (Å²) in [5.41, 5.74) is 7.34. The summed E-state index contributed by atoms with van der Waals surface area (Å²) in [6.07, 6.45) is 2.07. The van der Waals surface area contributed by atoms with E-state index < -0.39 is 0 Å². The van der Waals surface area contributed by atoms with Crippen LogP contribution >= 0.6 is 0 Å². The Hall–Kier alpha value is -1.51. The van der Waals surface area contributed by atoms with Gasteiger partial charge in [0.15, 0.2) is 0 Å². The molecule has 2 rings (SSSR count). The number of benzene rings is 1. The Kier molecular flexibility index (Phi) is 1.93. The fraction of sp³-hybridized carbons (Fsp3) is 0.300. The molecule has 3 heteroatoms. The zero-order valence-corrected chi connectivity index (χ0v) is 7.34. The van der Waals surface area contributed by atoms with Crippen LogP contribution in [0.1, 0.15) is 17.5 Å². The fourth-order valence-electron chi connectivity index (χ4n) is 1.53. The number of rotatable bonds is 1. The van der Waals surface area contributed by atoms with Gasteiger partial charge in [0.05, 0.1) is 6.61 Å². The third kappa shape index (κ3) is 1.49. The van der Waals surface area contributed by atoms with Crippen LogP contribution in [0.25, 0.3) is 0 Å². The third-order valence-corrected chi connectivity index (χ3v) is 2.22. The molecule has 13 heavy (non-hydrogen) atoms. The lowest BCUT2D eigenvalue weighted by Gasteiger charge is -2.17. The lowest BCUT2D eigenvalue weighted by atomic mass is 10.0. The van der Waals surface area contributed by atoms with Crippen LogP contribution in [0.4, 0.5) is 0 Å². The van der Waals surface area contributed by atoms with Crippen molar-refractivity contribution in [2.24, 2.45) is 5.73 Å². The standard InChI is InChI=1S/C10H12N2O/c11-10(12)8-3-4-9-7(6-8)2-1-5-13-9/h3-4,6H,1-2,5H2,(H3,11,12). The largest absolute Gasteiger partial charge is 0.493 e. The van der Waals surface area contributed by atoms with E-state index >= 15 is 0 Å². The first-order chi connectivity index (χ1) is 6.27. The molecule has 0 amide bonds. The summed E-state index contributed by atoms with van der Waals surface area (Å²) in [7, 11) is 0. The Balaban J connectivity index is 2.40. The van der Waals surface area contributed by atoms with Crippen molar-refractivity contribution in [1.82, 2.24) is 0 Å². The van der Waals surface area contributed by atoms with Crippen molar-refractivity contribution in [3.63, 3.8) is 0 Å². The quantitative estimate of drug-likeness (QED) is 0.500. The number of nitrogens with one attached hydrogen (secondary N) is 1. The summed E-state index contributed by atoms with van der Waals surface area (Å²) in [6, 6.07) is 5.66. The Bertz CT molecular complexity index is 347. The minimum absolute atomic E-state index is 0.119. The van der Waals surface area contributed by atoms with Crippen molar-refractivity contribution in [2.75, 3.05) is 6.61 Å². The molecule has 0 unspecified atom stereocenters. The zero-order valence-electron chi connectivity index (χ0n) is 7.34. The van der Waals surface area contributed by atoms with Crippen LogP contribution in [0.3, 0.4) is 0 Å². The Morgan fingerprint density at radius 1 is 1.46 bits per heavy atom. The number of nitrogen functional groups attached to an aromatic ring is 1. The maximum atomic E-state index is 7.29. The van der Waals surface area contributed by atoms with Crippen LogP contribution in [0.15, 0.2) is 18.2 Å². The fourth-order valence-corrected chi connectivity index (χ4v) is 1.53. The molecular formula is C10H12N2O. The summed E-state index contributed by atoms with van der Waals surface area (Å²) in [6.45, 7) is 0.798. The average Bonchev–Trinajstić information content (AvgIpc) is 2.17. The SMILES string of the molecule is N=C(N)c1ccc2c(c1)CCCO2. The highest BCUT2D eigenvalue weighted by molar-refractivity contribution is 5.95. The molecule has 0 bridgehead atoms. The Labute approximate surface area is 77.0 Å². The predicted molar refractivity (Wildman–Crippen MR) is 51.3 cm³/mol. The summed E-state index contributed by atoms with van der Waals surface area (Å²) in [4.78, 5) is 0. The molecule has 68 valence electrons. The summed E-state index contributed by atoms with van der Waals surface area (Å²) >= 11 is 0. The molecule has 0 aliphatic carbocycles. The highest BCUT2D eigenvalue weighted by Crippen LogP contribution is 2.25. The minimum Gasteiger partial charge on any atom is -0.493 e. The van der Waals surface area contributed by atoms with Gasteiger partial charge in [-0.3, -0.25) is 5.41 Å². The smallest absolute Gasteiger partial charge is 0.122 e. The number of ether oxygens (including phenoxy) is 1. The van der Waals surface area contributed by atoms with Crippen LogP contribution in [0.5, 0.6) is 5.75 Å². The van der Waals surface area contributed by atoms with E-state index in [1.165, 1.54) is 5.56 Å². The molecule has 0 radical (unpaired) electrons. The second-order valence-electron chi connectivity index (χ2n) is 3.19. The van der Waals surface area contributed by atoms with E-state index in [0.717, 1.165) is 30.8 Å². The molecule has 1 heterocycles. The Morgan fingerprint density at radius 3 is 3.08 bits per heavy atom. The maximum absolute atomic E-state index is 7.29. The molecule has 0 aromatic heterocycles. The van der Waals surface area contributed by atoms with Gasteiger partial charge in [0.2, 0.25) is 0 Å². The van der Waals surface area contributed by atoms with Crippen molar-refractivity contribution in [1.29, 1.82) is 5.41 Å². The highest BCUT2D eigenvalue weighted by Gasteiger charge is 2.10. The topological polar surface area (TPSA) is 59.1 Å². The molecule has 3 N–H and O–H groups in total. The second-order valence-corrected chi connectivity index (χ2v) is 3.19. The lowest BCUT2D eigenvalue weighted by molar-refractivity contribution is 0.288. The predicted octanol–water partition coefficient (Wildman–Crippen LogP) is 1.30. The molecule has 1 aromatic rings. The second kappa shape index (κ2) is 3.09. The van der Waals surface area contributed by atoms with Gasteiger partial charge < -0.3 is 10.5 Å². The highest BCUT2D eigenvalue weighted by atomic mass is 16.5. The van der Waals surface area contributed by atoms with E-state index in [0.29, 0.717) is 0 Å². The van der Waals surface area contributed by atoms with Crippen molar-refractivity contribution >= 4 is 5.84 Å². The van der Waals surface area contributed by atoms with Gasteiger partial charge in [-0.2, -0.15) is 0 Å². The molecule has 0 atom stereocenters. The number of aryl methyl sites for hydroxylation is 1. The molecule has 1 aromatic carbocycles. The van der Waals surface area contributed by atoms with Crippen LogP contribution in [0.2, 0.25) is 0 Å². The van der Waals surface area contributed by atoms with Gasteiger partial charge in [0, 0.05) is 5.56 Å². The van der Waals surface area contributed by atoms with Crippen LogP contribution in [0, 0.1) is 5.41 Å². The molecule has 1 aliphatic heterocycles. The van der Waals surface area contributed by atoms with E-state index in [2.05, 4.69) is 0 Å². The summed E-state index contributed by atoms with van der Waals surface area (Å²) < 4.78 is 5.45. The lowest BCUT2D eigenvalue weighted by Crippen LogP contribution is -2.13. The van der Waals surface area contributed by atoms with E-state index in [1.54, 1.807) is 0 Å². The third-order valence-electron chi connectivity index (χ3n) is 2.22. The van der Waals surface area contributed by atoms with E-state index in [4.69, 9.17) is 15.9 Å². The molecule has 0 fully saturated rings. The molecule has 0 spiro atoms. The first kappa shape index (κ1) is 8.10. The van der Waals surface area contributed by atoms with Crippen LogP contribution in [-0.4, -0.2) is 12.4 Å². The van der Waals surface area contributed by atoms with Gasteiger partial charge >= 0.3 is 0 Å². The van der Waals surface area contributed by atoms with Crippen LogP contribution in [-0.2, 0) is 6.42 Å². The van der Waals surface area contributed by atoms with Gasteiger partial charge in [0.25, 0.3) is 0 Å². The summed E-state index contributed by atoms with van der Waals surface area (Å²) in [5.74, 6) is 1.06. The number of nitrogens with two attached hydrogens (primary N) is 1. The van der Waals surface area contributed by atoms with Gasteiger partial charge in [0.1, 0.15) is 11.6 Å². The van der Waals surface area contributed by atoms with Gasteiger partial charge in [-0.25, -0.2) is 0 Å². The van der Waals surface area contributed by atoms with Crippen molar-refractivity contribution in [3.05, 3.63) is 29.3 Å². The normalized spacial score (nSPS) is 14.5. The monoisotopic (exact) mass is 176 g/mol. The van der Waals surface area contributed by atoms with Crippen LogP contribution < -0.4 is 10.5 Å². The van der Waals surface area contributed by atoms with Gasteiger partial charge in [-0.15, -0.1) is 0 Å². The van der Waals surface area contributed by atoms with Gasteiger partial charge in [-0.05, 0) is 36.6 Å². The minimum atomic E-state index is 0.119. The number of hydrogen-bond acceptors (Lipinski definition) is 2. The number of amidine groups is 1.